The summed E-state index contributed by atoms with van der Waals surface area (Å²) in [7, 11) is 1.60. The molecule has 0 amide bonds. The van der Waals surface area contributed by atoms with Crippen LogP contribution in [-0.2, 0) is 0 Å². The largest absolute Gasteiger partial charge is 0.496 e. The summed E-state index contributed by atoms with van der Waals surface area (Å²) >= 11 is 12.7. The molecule has 1 heterocycles. The van der Waals surface area contributed by atoms with E-state index in [-0.39, 0.29) is 12.4 Å². The van der Waals surface area contributed by atoms with Crippen LogP contribution in [0.2, 0.25) is 10.0 Å². The first-order chi connectivity index (χ1) is 11.8. The van der Waals surface area contributed by atoms with Crippen LogP contribution in [-0.4, -0.2) is 7.11 Å². The van der Waals surface area contributed by atoms with Gasteiger partial charge in [-0.3, -0.25) is 0 Å². The molecule has 2 N–H and O–H groups in total. The number of rotatable bonds is 4. The lowest BCUT2D eigenvalue weighted by Crippen LogP contribution is -2.12. The molecule has 0 aliphatic heterocycles. The second-order valence-corrected chi connectivity index (χ2v) is 7.30. The minimum atomic E-state index is -0.500. The van der Waals surface area contributed by atoms with Crippen LogP contribution in [0, 0.1) is 6.92 Å². The summed E-state index contributed by atoms with van der Waals surface area (Å²) < 4.78 is 11.4. The first kappa shape index (κ1) is 20.9. The molecule has 140 valence electrons. The summed E-state index contributed by atoms with van der Waals surface area (Å²) in [6, 6.07) is 8.93. The lowest BCUT2D eigenvalue weighted by Gasteiger charge is -2.14. The van der Waals surface area contributed by atoms with Crippen molar-refractivity contribution in [3.63, 3.8) is 0 Å². The smallest absolute Gasteiger partial charge is 0.153 e. The number of hydrogen-bond donors (Lipinski definition) is 1. The Balaban J connectivity index is 0.00000243. The summed E-state index contributed by atoms with van der Waals surface area (Å²) in [4.78, 5) is 0. The molecule has 3 aromatic rings. The maximum absolute atomic E-state index is 6.54. The third kappa shape index (κ3) is 3.67. The maximum atomic E-state index is 6.54. The van der Waals surface area contributed by atoms with Crippen molar-refractivity contribution in [1.29, 1.82) is 0 Å². The van der Waals surface area contributed by atoms with E-state index in [1.54, 1.807) is 25.3 Å². The highest BCUT2D eigenvalue weighted by Crippen LogP contribution is 2.38. The summed E-state index contributed by atoms with van der Waals surface area (Å²) in [6.45, 7) is 6.31. The van der Waals surface area contributed by atoms with Crippen molar-refractivity contribution in [2.45, 2.75) is 32.7 Å². The van der Waals surface area contributed by atoms with Crippen LogP contribution < -0.4 is 10.5 Å². The van der Waals surface area contributed by atoms with Gasteiger partial charge in [0.15, 0.2) is 5.58 Å². The van der Waals surface area contributed by atoms with Gasteiger partial charge in [-0.15, -0.1) is 12.4 Å². The van der Waals surface area contributed by atoms with Crippen molar-refractivity contribution >= 4 is 46.6 Å². The Bertz CT molecular complexity index is 934. The number of furan rings is 1. The van der Waals surface area contributed by atoms with E-state index in [1.807, 2.05) is 13.0 Å². The van der Waals surface area contributed by atoms with E-state index in [2.05, 4.69) is 19.9 Å². The summed E-state index contributed by atoms with van der Waals surface area (Å²) in [6.07, 6.45) is 0. The molecule has 1 unspecified atom stereocenters. The van der Waals surface area contributed by atoms with E-state index < -0.39 is 6.04 Å². The molecule has 0 fully saturated rings. The van der Waals surface area contributed by atoms with E-state index in [0.717, 1.165) is 16.5 Å². The van der Waals surface area contributed by atoms with E-state index in [1.165, 1.54) is 5.56 Å². The molecule has 3 nitrogen and oxygen atoms in total. The molecule has 6 heteroatoms. The molecule has 1 atom stereocenters. The number of methoxy groups -OCH3 is 1. The zero-order valence-corrected chi connectivity index (χ0v) is 17.4. The summed E-state index contributed by atoms with van der Waals surface area (Å²) in [5.41, 5.74) is 10.1. The average Bonchev–Trinajstić information content (AvgIpc) is 3.01. The van der Waals surface area contributed by atoms with Crippen LogP contribution in [0.1, 0.15) is 48.3 Å². The fourth-order valence-electron chi connectivity index (χ4n) is 3.13. The molecule has 1 aromatic heterocycles. The summed E-state index contributed by atoms with van der Waals surface area (Å²) in [5, 5.41) is 2.18. The van der Waals surface area contributed by atoms with Gasteiger partial charge >= 0.3 is 0 Å². The number of halogens is 3. The number of hydrogen-bond acceptors (Lipinski definition) is 3. The van der Waals surface area contributed by atoms with Gasteiger partial charge in [0.25, 0.3) is 0 Å². The van der Waals surface area contributed by atoms with E-state index in [4.69, 9.17) is 38.1 Å². The Morgan fingerprint density at radius 3 is 2.38 bits per heavy atom. The lowest BCUT2D eigenvalue weighted by atomic mass is 9.96. The fraction of sp³-hybridized carbons (Fsp3) is 0.300. The summed E-state index contributed by atoms with van der Waals surface area (Å²) in [5.74, 6) is 1.67. The van der Waals surface area contributed by atoms with Crippen LogP contribution in [0.3, 0.4) is 0 Å². The van der Waals surface area contributed by atoms with Gasteiger partial charge in [0, 0.05) is 16.0 Å². The van der Waals surface area contributed by atoms with Gasteiger partial charge in [-0.2, -0.15) is 0 Å². The molecule has 0 saturated heterocycles. The van der Waals surface area contributed by atoms with Crippen LogP contribution in [0.25, 0.3) is 11.0 Å². The van der Waals surface area contributed by atoms with Gasteiger partial charge in [0.05, 0.1) is 18.2 Å². The SMILES string of the molecule is COc1ccc(Cl)cc1C(N)c1cc2cc(C(C)C)c(C)c(Cl)c2o1.Cl. The molecule has 26 heavy (non-hydrogen) atoms. The monoisotopic (exact) mass is 413 g/mol. The van der Waals surface area contributed by atoms with Crippen molar-refractivity contribution in [3.05, 3.63) is 62.8 Å². The van der Waals surface area contributed by atoms with Crippen molar-refractivity contribution in [2.75, 3.05) is 7.11 Å². The number of nitrogens with two attached hydrogens (primary N) is 1. The Kier molecular flexibility index (Phi) is 6.51. The standard InChI is InChI=1S/C20H21Cl2NO2.ClH/c1-10(2)14-7-12-8-17(25-20(12)18(22)11(14)3)19(23)15-9-13(21)5-6-16(15)24-4;/h5-10,19H,23H2,1-4H3;1H. The Hall–Kier alpha value is -1.39. The van der Waals surface area contributed by atoms with Gasteiger partial charge in [0.2, 0.25) is 0 Å². The van der Waals surface area contributed by atoms with Crippen LogP contribution in [0.15, 0.2) is 34.7 Å². The van der Waals surface area contributed by atoms with Crippen LogP contribution in [0.5, 0.6) is 5.75 Å². The van der Waals surface area contributed by atoms with Gasteiger partial charge in [-0.05, 0) is 54.3 Å². The van der Waals surface area contributed by atoms with Gasteiger partial charge < -0.3 is 14.9 Å². The van der Waals surface area contributed by atoms with Crippen molar-refractivity contribution in [3.8, 4) is 5.75 Å². The van der Waals surface area contributed by atoms with Crippen molar-refractivity contribution in [2.24, 2.45) is 5.73 Å². The number of fused-ring (bicyclic) bond motifs is 1. The first-order valence-electron chi connectivity index (χ1n) is 8.15. The third-order valence-corrected chi connectivity index (χ3v) is 5.20. The van der Waals surface area contributed by atoms with Gasteiger partial charge in [-0.25, -0.2) is 0 Å². The topological polar surface area (TPSA) is 48.4 Å². The average molecular weight is 415 g/mol. The molecule has 0 spiro atoms. The molecular formula is C20H22Cl3NO2. The Morgan fingerprint density at radius 1 is 1.08 bits per heavy atom. The first-order valence-corrected chi connectivity index (χ1v) is 8.90. The lowest BCUT2D eigenvalue weighted by molar-refractivity contribution is 0.404. The van der Waals surface area contributed by atoms with Crippen LogP contribution in [0.4, 0.5) is 0 Å². The zero-order valence-electron chi connectivity index (χ0n) is 15.1. The second-order valence-electron chi connectivity index (χ2n) is 6.49. The minimum absolute atomic E-state index is 0. The fourth-order valence-corrected chi connectivity index (χ4v) is 3.57. The number of ether oxygens (including phenoxy) is 1. The molecular weight excluding hydrogens is 393 g/mol. The molecule has 0 aliphatic carbocycles. The van der Waals surface area contributed by atoms with Gasteiger partial charge in [0.1, 0.15) is 11.5 Å². The predicted molar refractivity (Wildman–Crippen MR) is 111 cm³/mol. The highest BCUT2D eigenvalue weighted by molar-refractivity contribution is 6.35. The Labute approximate surface area is 169 Å². The highest BCUT2D eigenvalue weighted by atomic mass is 35.5. The zero-order chi connectivity index (χ0) is 18.3. The third-order valence-electron chi connectivity index (χ3n) is 4.51. The maximum Gasteiger partial charge on any atom is 0.153 e. The molecule has 0 radical (unpaired) electrons. The Morgan fingerprint density at radius 2 is 1.77 bits per heavy atom. The normalized spacial score (nSPS) is 12.3. The van der Waals surface area contributed by atoms with E-state index in [0.29, 0.717) is 33.1 Å². The molecule has 3 rings (SSSR count). The van der Waals surface area contributed by atoms with Gasteiger partial charge in [-0.1, -0.05) is 37.0 Å². The number of benzene rings is 2. The van der Waals surface area contributed by atoms with Crippen molar-refractivity contribution in [1.82, 2.24) is 0 Å². The molecule has 0 saturated carbocycles. The quantitative estimate of drug-likeness (QED) is 0.520. The highest BCUT2D eigenvalue weighted by Gasteiger charge is 2.21. The predicted octanol–water partition coefficient (Wildman–Crippen LogP) is 6.65. The van der Waals surface area contributed by atoms with E-state index >= 15 is 0 Å². The molecule has 0 aliphatic rings. The molecule has 2 aromatic carbocycles. The molecule has 0 bridgehead atoms. The van der Waals surface area contributed by atoms with Crippen molar-refractivity contribution < 1.29 is 9.15 Å². The van der Waals surface area contributed by atoms with Crippen LogP contribution >= 0.6 is 35.6 Å². The minimum Gasteiger partial charge on any atom is -0.496 e. The second kappa shape index (κ2) is 8.10. The van der Waals surface area contributed by atoms with E-state index in [9.17, 15) is 0 Å².